The highest BCUT2D eigenvalue weighted by Gasteiger charge is 2.03. The Kier molecular flexibility index (Phi) is 2.53. The van der Waals surface area contributed by atoms with Crippen molar-refractivity contribution < 1.29 is 0 Å². The molecule has 0 aliphatic carbocycles. The van der Waals surface area contributed by atoms with Gasteiger partial charge in [-0.2, -0.15) is 0 Å². The zero-order chi connectivity index (χ0) is 11.0. The lowest BCUT2D eigenvalue weighted by Crippen LogP contribution is -1.82. The van der Waals surface area contributed by atoms with Crippen LogP contribution < -0.4 is 0 Å². The minimum atomic E-state index is 0.914. The highest BCUT2D eigenvalue weighted by molar-refractivity contribution is 9.10. The first-order valence-electron chi connectivity index (χ1n) is 4.97. The monoisotopic (exact) mass is 292 g/mol. The van der Waals surface area contributed by atoms with Crippen molar-refractivity contribution in [1.29, 1.82) is 0 Å². The molecule has 0 radical (unpaired) electrons. The van der Waals surface area contributed by atoms with E-state index in [1.54, 1.807) is 11.3 Å². The van der Waals surface area contributed by atoms with E-state index in [4.69, 9.17) is 0 Å². The Labute approximate surface area is 106 Å². The van der Waals surface area contributed by atoms with Crippen LogP contribution in [0.15, 0.2) is 46.5 Å². The van der Waals surface area contributed by atoms with Crippen molar-refractivity contribution >= 4 is 32.9 Å². The van der Waals surface area contributed by atoms with E-state index in [1.807, 2.05) is 22.7 Å². The quantitative estimate of drug-likeness (QED) is 0.703. The van der Waals surface area contributed by atoms with Gasteiger partial charge in [0.25, 0.3) is 0 Å². The summed E-state index contributed by atoms with van der Waals surface area (Å²) in [6.45, 7) is 0. The number of imidazole rings is 1. The lowest BCUT2D eigenvalue weighted by atomic mass is 10.3. The van der Waals surface area contributed by atoms with Crippen molar-refractivity contribution in [3.8, 4) is 0 Å². The standard InChI is InChI=1S/C12H9BrN2S/c13-9-3-4-15-8-10(14-12(15)6-9)7-11-2-1-5-16-11/h1-6,8H,7H2. The average Bonchev–Trinajstić information content (AvgIpc) is 2.86. The predicted molar refractivity (Wildman–Crippen MR) is 70.0 cm³/mol. The van der Waals surface area contributed by atoms with E-state index in [1.165, 1.54) is 4.88 Å². The molecule has 0 bridgehead atoms. The second kappa shape index (κ2) is 4.03. The number of hydrogen-bond acceptors (Lipinski definition) is 2. The molecule has 0 spiro atoms. The fraction of sp³-hybridized carbons (Fsp3) is 0.0833. The molecule has 0 amide bonds. The molecule has 0 aliphatic rings. The maximum absolute atomic E-state index is 4.59. The summed E-state index contributed by atoms with van der Waals surface area (Å²) in [5.74, 6) is 0. The van der Waals surface area contributed by atoms with Crippen molar-refractivity contribution in [2.75, 3.05) is 0 Å². The van der Waals surface area contributed by atoms with Crippen molar-refractivity contribution in [3.63, 3.8) is 0 Å². The van der Waals surface area contributed by atoms with Gasteiger partial charge in [-0.1, -0.05) is 22.0 Å². The van der Waals surface area contributed by atoms with E-state index in [2.05, 4.69) is 44.6 Å². The van der Waals surface area contributed by atoms with Gasteiger partial charge < -0.3 is 4.40 Å². The molecule has 3 rings (SSSR count). The number of thiophene rings is 1. The van der Waals surface area contributed by atoms with Crippen LogP contribution in [0.25, 0.3) is 5.65 Å². The molecule has 2 nitrogen and oxygen atoms in total. The van der Waals surface area contributed by atoms with Gasteiger partial charge >= 0.3 is 0 Å². The summed E-state index contributed by atoms with van der Waals surface area (Å²) in [5.41, 5.74) is 2.10. The van der Waals surface area contributed by atoms with Gasteiger partial charge in [0.1, 0.15) is 5.65 Å². The van der Waals surface area contributed by atoms with Crippen molar-refractivity contribution in [2.45, 2.75) is 6.42 Å². The van der Waals surface area contributed by atoms with Crippen LogP contribution in [0.5, 0.6) is 0 Å². The molecule has 3 aromatic heterocycles. The largest absolute Gasteiger partial charge is 0.307 e. The average molecular weight is 293 g/mol. The number of nitrogens with zero attached hydrogens (tertiary/aromatic N) is 2. The summed E-state index contributed by atoms with van der Waals surface area (Å²) >= 11 is 5.22. The predicted octanol–water partition coefficient (Wildman–Crippen LogP) is 3.75. The van der Waals surface area contributed by atoms with Crippen LogP contribution >= 0.6 is 27.3 Å². The summed E-state index contributed by atoms with van der Waals surface area (Å²) < 4.78 is 3.11. The van der Waals surface area contributed by atoms with Gasteiger partial charge in [0, 0.05) is 28.2 Å². The molecule has 0 saturated heterocycles. The van der Waals surface area contributed by atoms with Crippen LogP contribution in [0.3, 0.4) is 0 Å². The normalized spacial score (nSPS) is 11.1. The molecule has 80 valence electrons. The Morgan fingerprint density at radius 3 is 3.12 bits per heavy atom. The summed E-state index contributed by atoms with van der Waals surface area (Å²) in [7, 11) is 0. The van der Waals surface area contributed by atoms with Crippen molar-refractivity contribution in [1.82, 2.24) is 9.38 Å². The van der Waals surface area contributed by atoms with Crippen LogP contribution in [-0.2, 0) is 6.42 Å². The van der Waals surface area contributed by atoms with Gasteiger partial charge in [-0.3, -0.25) is 0 Å². The van der Waals surface area contributed by atoms with Gasteiger partial charge in [0.2, 0.25) is 0 Å². The Morgan fingerprint density at radius 2 is 2.31 bits per heavy atom. The third kappa shape index (κ3) is 1.90. The fourth-order valence-corrected chi connectivity index (χ4v) is 2.73. The molecule has 4 heteroatoms. The molecule has 0 saturated carbocycles. The third-order valence-corrected chi connectivity index (χ3v) is 3.78. The van der Waals surface area contributed by atoms with Gasteiger partial charge in [-0.25, -0.2) is 4.98 Å². The van der Waals surface area contributed by atoms with Gasteiger partial charge in [-0.15, -0.1) is 11.3 Å². The van der Waals surface area contributed by atoms with E-state index in [-0.39, 0.29) is 0 Å². The SMILES string of the molecule is Brc1ccn2cc(Cc3cccs3)nc2c1. The third-order valence-electron chi connectivity index (χ3n) is 2.41. The summed E-state index contributed by atoms with van der Waals surface area (Å²) in [4.78, 5) is 5.94. The molecular weight excluding hydrogens is 284 g/mol. The van der Waals surface area contributed by atoms with Gasteiger partial charge in [0.05, 0.1) is 5.69 Å². The number of hydrogen-bond donors (Lipinski definition) is 0. The molecule has 0 atom stereocenters. The molecule has 0 N–H and O–H groups in total. The number of fused-ring (bicyclic) bond motifs is 1. The van der Waals surface area contributed by atoms with Crippen molar-refractivity contribution in [2.24, 2.45) is 0 Å². The molecular formula is C12H9BrN2S. The summed E-state index contributed by atoms with van der Waals surface area (Å²) in [6.07, 6.45) is 5.02. The fourth-order valence-electron chi connectivity index (χ4n) is 1.69. The minimum absolute atomic E-state index is 0.914. The lowest BCUT2D eigenvalue weighted by Gasteiger charge is -1.91. The highest BCUT2D eigenvalue weighted by atomic mass is 79.9. The number of pyridine rings is 1. The van der Waals surface area contributed by atoms with Crippen LogP contribution in [0.2, 0.25) is 0 Å². The second-order valence-electron chi connectivity index (χ2n) is 3.60. The first kappa shape index (κ1) is 10.1. The molecule has 3 heterocycles. The van der Waals surface area contributed by atoms with E-state index >= 15 is 0 Å². The Balaban J connectivity index is 1.99. The maximum atomic E-state index is 4.59. The van der Waals surface area contributed by atoms with Crippen LogP contribution in [0.4, 0.5) is 0 Å². The number of aromatic nitrogens is 2. The van der Waals surface area contributed by atoms with E-state index in [0.717, 1.165) is 22.2 Å². The lowest BCUT2D eigenvalue weighted by molar-refractivity contribution is 1.14. The maximum Gasteiger partial charge on any atom is 0.138 e. The van der Waals surface area contributed by atoms with Crippen LogP contribution in [0.1, 0.15) is 10.6 Å². The highest BCUT2D eigenvalue weighted by Crippen LogP contribution is 2.17. The zero-order valence-corrected chi connectivity index (χ0v) is 10.8. The molecule has 16 heavy (non-hydrogen) atoms. The van der Waals surface area contributed by atoms with Gasteiger partial charge in [0.15, 0.2) is 0 Å². The Bertz CT molecular complexity index is 613. The van der Waals surface area contributed by atoms with E-state index in [9.17, 15) is 0 Å². The first-order chi connectivity index (χ1) is 7.81. The minimum Gasteiger partial charge on any atom is -0.307 e. The van der Waals surface area contributed by atoms with Crippen molar-refractivity contribution in [3.05, 3.63) is 57.1 Å². The molecule has 0 aliphatic heterocycles. The van der Waals surface area contributed by atoms with E-state index < -0.39 is 0 Å². The topological polar surface area (TPSA) is 17.3 Å². The first-order valence-corrected chi connectivity index (χ1v) is 6.64. The summed E-state index contributed by atoms with van der Waals surface area (Å²) in [6, 6.07) is 8.26. The molecule has 0 fully saturated rings. The Morgan fingerprint density at radius 1 is 1.38 bits per heavy atom. The zero-order valence-electron chi connectivity index (χ0n) is 8.43. The van der Waals surface area contributed by atoms with Crippen LogP contribution in [-0.4, -0.2) is 9.38 Å². The van der Waals surface area contributed by atoms with Gasteiger partial charge in [-0.05, 0) is 23.6 Å². The smallest absolute Gasteiger partial charge is 0.138 e. The second-order valence-corrected chi connectivity index (χ2v) is 5.55. The molecule has 0 aromatic carbocycles. The Hall–Kier alpha value is -1.13. The molecule has 0 unspecified atom stereocenters. The summed E-state index contributed by atoms with van der Waals surface area (Å²) in [5, 5.41) is 2.10. The number of rotatable bonds is 2. The van der Waals surface area contributed by atoms with Crippen LogP contribution in [0, 0.1) is 0 Å². The van der Waals surface area contributed by atoms with E-state index in [0.29, 0.717) is 0 Å². The molecule has 3 aromatic rings. The number of halogens is 1.